The molecule has 6 heteroatoms. The summed E-state index contributed by atoms with van der Waals surface area (Å²) in [5.41, 5.74) is 4.44. The van der Waals surface area contributed by atoms with E-state index in [0.717, 1.165) is 34.1 Å². The highest BCUT2D eigenvalue weighted by molar-refractivity contribution is 6.31. The van der Waals surface area contributed by atoms with E-state index in [1.165, 1.54) is 25.0 Å². The number of imidazole rings is 1. The SMILES string of the molecule is Cc1cc(CC2CCCC2Nc2nc3ccc(Cl)cc3n2C)n(C)n1. The Bertz CT molecular complexity index is 910. The third-order valence-electron chi connectivity index (χ3n) is 5.39. The molecule has 5 nitrogen and oxygen atoms in total. The Morgan fingerprint density at radius 3 is 2.84 bits per heavy atom. The molecular weight excluding hydrogens is 334 g/mol. The summed E-state index contributed by atoms with van der Waals surface area (Å²) in [5, 5.41) is 8.92. The number of fused-ring (bicyclic) bond motifs is 1. The molecular formula is C19H24ClN5. The molecule has 2 aromatic heterocycles. The number of anilines is 1. The van der Waals surface area contributed by atoms with Gasteiger partial charge in [-0.2, -0.15) is 5.10 Å². The molecule has 0 spiro atoms. The summed E-state index contributed by atoms with van der Waals surface area (Å²) in [6, 6.07) is 8.49. The van der Waals surface area contributed by atoms with E-state index >= 15 is 0 Å². The first kappa shape index (κ1) is 16.5. The molecule has 132 valence electrons. The summed E-state index contributed by atoms with van der Waals surface area (Å²) in [7, 11) is 4.08. The second-order valence-electron chi connectivity index (χ2n) is 7.17. The van der Waals surface area contributed by atoms with Crippen molar-refractivity contribution in [2.24, 2.45) is 20.0 Å². The van der Waals surface area contributed by atoms with E-state index in [2.05, 4.69) is 28.0 Å². The van der Waals surface area contributed by atoms with Crippen molar-refractivity contribution in [2.75, 3.05) is 5.32 Å². The van der Waals surface area contributed by atoms with E-state index in [4.69, 9.17) is 16.6 Å². The van der Waals surface area contributed by atoms with Crippen LogP contribution in [0.25, 0.3) is 11.0 Å². The molecule has 1 saturated carbocycles. The molecule has 1 fully saturated rings. The van der Waals surface area contributed by atoms with Crippen LogP contribution in [0.3, 0.4) is 0 Å². The number of halogens is 1. The van der Waals surface area contributed by atoms with Gasteiger partial charge in [0.2, 0.25) is 5.95 Å². The summed E-state index contributed by atoms with van der Waals surface area (Å²) in [6.45, 7) is 2.05. The maximum atomic E-state index is 6.13. The molecule has 1 aliphatic carbocycles. The highest BCUT2D eigenvalue weighted by Gasteiger charge is 2.29. The number of aryl methyl sites for hydroxylation is 3. The van der Waals surface area contributed by atoms with Crippen molar-refractivity contribution in [2.45, 2.75) is 38.6 Å². The second kappa shape index (κ2) is 6.37. The van der Waals surface area contributed by atoms with Crippen LogP contribution >= 0.6 is 11.6 Å². The minimum atomic E-state index is 0.446. The Morgan fingerprint density at radius 2 is 2.08 bits per heavy atom. The van der Waals surface area contributed by atoms with Crippen molar-refractivity contribution in [3.63, 3.8) is 0 Å². The second-order valence-corrected chi connectivity index (χ2v) is 7.61. The van der Waals surface area contributed by atoms with Crippen LogP contribution < -0.4 is 5.32 Å². The van der Waals surface area contributed by atoms with E-state index < -0.39 is 0 Å². The molecule has 4 rings (SSSR count). The zero-order valence-electron chi connectivity index (χ0n) is 15.0. The monoisotopic (exact) mass is 357 g/mol. The standard InChI is InChI=1S/C19H24ClN5/c1-12-9-15(25(3)23-12)10-13-5-4-6-16(13)21-19-22-17-8-7-14(20)11-18(17)24(19)2/h7-9,11,13,16H,4-6,10H2,1-3H3,(H,21,22). The van der Waals surface area contributed by atoms with Gasteiger partial charge in [-0.05, 0) is 56.4 Å². The average molecular weight is 358 g/mol. The van der Waals surface area contributed by atoms with E-state index in [-0.39, 0.29) is 0 Å². The van der Waals surface area contributed by atoms with Gasteiger partial charge in [-0.15, -0.1) is 0 Å². The lowest BCUT2D eigenvalue weighted by Crippen LogP contribution is -2.27. The molecule has 0 radical (unpaired) electrons. The van der Waals surface area contributed by atoms with Crippen molar-refractivity contribution in [3.8, 4) is 0 Å². The van der Waals surface area contributed by atoms with Gasteiger partial charge in [-0.3, -0.25) is 4.68 Å². The topological polar surface area (TPSA) is 47.7 Å². The molecule has 1 aliphatic rings. The van der Waals surface area contributed by atoms with E-state index in [0.29, 0.717) is 12.0 Å². The smallest absolute Gasteiger partial charge is 0.203 e. The number of benzene rings is 1. The van der Waals surface area contributed by atoms with Crippen LogP contribution in [0.5, 0.6) is 0 Å². The fourth-order valence-corrected chi connectivity index (χ4v) is 4.22. The van der Waals surface area contributed by atoms with Gasteiger partial charge in [-0.1, -0.05) is 18.0 Å². The molecule has 1 aromatic carbocycles. The molecule has 0 bridgehead atoms. The van der Waals surface area contributed by atoms with Gasteiger partial charge < -0.3 is 9.88 Å². The van der Waals surface area contributed by atoms with Gasteiger partial charge >= 0.3 is 0 Å². The van der Waals surface area contributed by atoms with Gasteiger partial charge in [0, 0.05) is 30.9 Å². The minimum absolute atomic E-state index is 0.446. The zero-order valence-corrected chi connectivity index (χ0v) is 15.7. The van der Waals surface area contributed by atoms with Crippen molar-refractivity contribution in [3.05, 3.63) is 40.7 Å². The average Bonchev–Trinajstić information content (AvgIpc) is 3.22. The molecule has 2 atom stereocenters. The maximum Gasteiger partial charge on any atom is 0.203 e. The molecule has 2 heterocycles. The van der Waals surface area contributed by atoms with Crippen LogP contribution in [0, 0.1) is 12.8 Å². The summed E-state index contributed by atoms with van der Waals surface area (Å²) in [4.78, 5) is 4.76. The summed E-state index contributed by atoms with van der Waals surface area (Å²) >= 11 is 6.13. The Balaban J connectivity index is 1.55. The minimum Gasteiger partial charge on any atom is -0.353 e. The van der Waals surface area contributed by atoms with Gasteiger partial charge in [-0.25, -0.2) is 4.98 Å². The van der Waals surface area contributed by atoms with E-state index in [9.17, 15) is 0 Å². The third-order valence-corrected chi connectivity index (χ3v) is 5.62. The molecule has 0 aliphatic heterocycles. The van der Waals surface area contributed by atoms with Crippen molar-refractivity contribution < 1.29 is 0 Å². The molecule has 0 saturated heterocycles. The van der Waals surface area contributed by atoms with Crippen molar-refractivity contribution in [1.29, 1.82) is 0 Å². The number of nitrogens with one attached hydrogen (secondary N) is 1. The van der Waals surface area contributed by atoms with Crippen LogP contribution in [0.1, 0.15) is 30.7 Å². The summed E-state index contributed by atoms with van der Waals surface area (Å²) in [5.74, 6) is 1.54. The number of hydrogen-bond acceptors (Lipinski definition) is 3. The van der Waals surface area contributed by atoms with Crippen LogP contribution in [0.4, 0.5) is 5.95 Å². The third kappa shape index (κ3) is 3.13. The number of nitrogens with zero attached hydrogens (tertiary/aromatic N) is 4. The predicted octanol–water partition coefficient (Wildman–Crippen LogP) is 4.09. The summed E-state index contributed by atoms with van der Waals surface area (Å²) < 4.78 is 4.12. The molecule has 2 unspecified atom stereocenters. The lowest BCUT2D eigenvalue weighted by molar-refractivity contribution is 0.481. The first-order valence-corrected chi connectivity index (χ1v) is 9.27. The van der Waals surface area contributed by atoms with Gasteiger partial charge in [0.15, 0.2) is 0 Å². The van der Waals surface area contributed by atoms with Crippen LogP contribution in [0.15, 0.2) is 24.3 Å². The molecule has 25 heavy (non-hydrogen) atoms. The first-order chi connectivity index (χ1) is 12.0. The zero-order chi connectivity index (χ0) is 17.6. The molecule has 3 aromatic rings. The van der Waals surface area contributed by atoms with Crippen molar-refractivity contribution in [1.82, 2.24) is 19.3 Å². The largest absolute Gasteiger partial charge is 0.353 e. The lowest BCUT2D eigenvalue weighted by atomic mass is 9.97. The number of rotatable bonds is 4. The fraction of sp³-hybridized carbons (Fsp3) is 0.474. The summed E-state index contributed by atoms with van der Waals surface area (Å²) in [6.07, 6.45) is 4.75. The van der Waals surface area contributed by atoms with Gasteiger partial charge in [0.25, 0.3) is 0 Å². The highest BCUT2D eigenvalue weighted by atomic mass is 35.5. The fourth-order valence-electron chi connectivity index (χ4n) is 4.05. The quantitative estimate of drug-likeness (QED) is 0.765. The van der Waals surface area contributed by atoms with Crippen molar-refractivity contribution >= 4 is 28.6 Å². The Morgan fingerprint density at radius 1 is 1.24 bits per heavy atom. The van der Waals surface area contributed by atoms with Crippen LogP contribution in [0.2, 0.25) is 5.02 Å². The Kier molecular flexibility index (Phi) is 4.20. The van der Waals surface area contributed by atoms with E-state index in [1.54, 1.807) is 0 Å². The van der Waals surface area contributed by atoms with Gasteiger partial charge in [0.05, 0.1) is 16.7 Å². The normalized spacial score (nSPS) is 20.5. The Hall–Kier alpha value is -2.01. The van der Waals surface area contributed by atoms with Gasteiger partial charge in [0.1, 0.15) is 0 Å². The number of hydrogen-bond donors (Lipinski definition) is 1. The molecule has 1 N–H and O–H groups in total. The van der Waals surface area contributed by atoms with Crippen LogP contribution in [-0.2, 0) is 20.5 Å². The first-order valence-electron chi connectivity index (χ1n) is 8.89. The predicted molar refractivity (Wildman–Crippen MR) is 102 cm³/mol. The number of aromatic nitrogens is 4. The molecule has 0 amide bonds. The lowest BCUT2D eigenvalue weighted by Gasteiger charge is -2.21. The Labute approximate surface area is 153 Å². The van der Waals surface area contributed by atoms with Crippen LogP contribution in [-0.4, -0.2) is 25.4 Å². The maximum absolute atomic E-state index is 6.13. The highest BCUT2D eigenvalue weighted by Crippen LogP contribution is 2.32. The van der Waals surface area contributed by atoms with E-state index in [1.807, 2.05) is 37.0 Å².